The minimum absolute atomic E-state index is 0.117. The maximum absolute atomic E-state index is 2.64. The first-order valence-electron chi connectivity index (χ1n) is 21.0. The number of unbranched alkanes of at least 4 members (excludes halogenated alkanes) is 14. The van der Waals surface area contributed by atoms with Crippen LogP contribution in [-0.2, 0) is 11.8 Å². The molecule has 0 amide bonds. The van der Waals surface area contributed by atoms with Crippen molar-refractivity contribution >= 4 is 0 Å². The molecular weight excluding hydrogens is 601 g/mol. The fourth-order valence-electron chi connectivity index (χ4n) is 8.78. The number of fused-ring (bicyclic) bond motifs is 3. The van der Waals surface area contributed by atoms with Crippen LogP contribution in [0.1, 0.15) is 171 Å². The third-order valence-electron chi connectivity index (χ3n) is 11.8. The van der Waals surface area contributed by atoms with Crippen LogP contribution < -0.4 is 0 Å². The molecule has 1 aliphatic rings. The van der Waals surface area contributed by atoms with Gasteiger partial charge in [-0.25, -0.2) is 0 Å². The van der Waals surface area contributed by atoms with E-state index in [4.69, 9.17) is 0 Å². The Balaban J connectivity index is 1.52. The molecule has 50 heavy (non-hydrogen) atoms. The van der Waals surface area contributed by atoms with Crippen LogP contribution >= 0.6 is 0 Å². The van der Waals surface area contributed by atoms with E-state index >= 15 is 0 Å². The van der Waals surface area contributed by atoms with E-state index in [2.05, 4.69) is 113 Å². The summed E-state index contributed by atoms with van der Waals surface area (Å²) in [5.41, 5.74) is 16.1. The van der Waals surface area contributed by atoms with Crippen molar-refractivity contribution in [1.82, 2.24) is 0 Å². The van der Waals surface area contributed by atoms with Crippen LogP contribution in [0.2, 0.25) is 0 Å². The number of rotatable bonds is 22. The molecule has 0 aliphatic heterocycles. The highest BCUT2D eigenvalue weighted by Gasteiger charge is 2.42. The highest BCUT2D eigenvalue weighted by molar-refractivity contribution is 5.85. The van der Waals surface area contributed by atoms with Crippen molar-refractivity contribution in [3.8, 4) is 33.4 Å². The molecule has 0 nitrogen and oxygen atoms in total. The molecule has 0 atom stereocenters. The lowest BCUT2D eigenvalue weighted by atomic mass is 9.70. The van der Waals surface area contributed by atoms with Gasteiger partial charge in [0.25, 0.3) is 0 Å². The molecular formula is C50H68. The van der Waals surface area contributed by atoms with E-state index in [0.29, 0.717) is 0 Å². The maximum atomic E-state index is 2.64. The van der Waals surface area contributed by atoms with E-state index in [1.807, 2.05) is 0 Å². The summed E-state index contributed by atoms with van der Waals surface area (Å²) in [4.78, 5) is 0. The zero-order valence-electron chi connectivity index (χ0n) is 32.6. The van der Waals surface area contributed by atoms with Crippen LogP contribution in [0.3, 0.4) is 0 Å². The third-order valence-corrected chi connectivity index (χ3v) is 11.8. The molecule has 0 N–H and O–H groups in total. The molecule has 0 heteroatoms. The van der Waals surface area contributed by atoms with Gasteiger partial charge in [-0.05, 0) is 95.7 Å². The van der Waals surface area contributed by atoms with Gasteiger partial charge >= 0.3 is 0 Å². The molecule has 5 rings (SSSR count). The summed E-state index contributed by atoms with van der Waals surface area (Å²) in [7, 11) is 0. The van der Waals surface area contributed by atoms with Gasteiger partial charge in [0.05, 0.1) is 0 Å². The maximum Gasteiger partial charge on any atom is 0.0215 e. The van der Waals surface area contributed by atoms with Crippen LogP contribution in [0.5, 0.6) is 0 Å². The number of hydrogen-bond donors (Lipinski definition) is 0. The van der Waals surface area contributed by atoms with Gasteiger partial charge in [0.1, 0.15) is 0 Å². The SMILES string of the molecule is CCCCCCCCC1(CCCCCCCC)c2cc(C)ccc2-c2ccc(-c3ccc(-c4ccc(C)cc4)c(CCCCCCC)c3)cc21. The summed E-state index contributed by atoms with van der Waals surface area (Å²) in [5, 5.41) is 0. The average Bonchev–Trinajstić information content (AvgIpc) is 3.39. The zero-order chi connectivity index (χ0) is 35.2. The van der Waals surface area contributed by atoms with E-state index in [0.717, 1.165) is 6.42 Å². The monoisotopic (exact) mass is 669 g/mol. The van der Waals surface area contributed by atoms with Gasteiger partial charge in [-0.2, -0.15) is 0 Å². The fourth-order valence-corrected chi connectivity index (χ4v) is 8.78. The Morgan fingerprint density at radius 2 is 0.820 bits per heavy atom. The van der Waals surface area contributed by atoms with Gasteiger partial charge in [0, 0.05) is 5.41 Å². The van der Waals surface area contributed by atoms with Gasteiger partial charge in [-0.3, -0.25) is 0 Å². The third kappa shape index (κ3) is 9.60. The van der Waals surface area contributed by atoms with Gasteiger partial charge in [0.2, 0.25) is 0 Å². The molecule has 1 aliphatic carbocycles. The minimum Gasteiger partial charge on any atom is -0.0654 e. The molecule has 0 bridgehead atoms. The van der Waals surface area contributed by atoms with Gasteiger partial charge in [-0.15, -0.1) is 0 Å². The van der Waals surface area contributed by atoms with E-state index < -0.39 is 0 Å². The molecule has 0 fully saturated rings. The standard InChI is InChI=1S/C50H68/c1-6-9-12-15-18-21-34-50(35-22-19-16-13-10-7-2)48-36-40(5)26-31-46(48)47-33-30-43(38-49(47)50)42-29-32-45(41-27-24-39(4)25-28-41)44(37-42)23-20-17-14-11-8-3/h24-33,36-38H,6-23,34-35H2,1-5H3. The van der Waals surface area contributed by atoms with Crippen molar-refractivity contribution in [3.05, 3.63) is 107 Å². The summed E-state index contributed by atoms with van der Waals surface area (Å²) < 4.78 is 0. The van der Waals surface area contributed by atoms with Gasteiger partial charge in [-0.1, -0.05) is 207 Å². The van der Waals surface area contributed by atoms with E-state index in [-0.39, 0.29) is 5.41 Å². The molecule has 0 aromatic heterocycles. The average molecular weight is 669 g/mol. The Morgan fingerprint density at radius 3 is 1.42 bits per heavy atom. The fraction of sp³-hybridized carbons (Fsp3) is 0.520. The molecule has 4 aromatic carbocycles. The van der Waals surface area contributed by atoms with Crippen molar-refractivity contribution in [2.24, 2.45) is 0 Å². The lowest BCUT2D eigenvalue weighted by molar-refractivity contribution is 0.398. The smallest absolute Gasteiger partial charge is 0.0215 e. The van der Waals surface area contributed by atoms with E-state index in [1.165, 1.54) is 172 Å². The second-order valence-electron chi connectivity index (χ2n) is 15.8. The molecule has 268 valence electrons. The summed E-state index contributed by atoms with van der Waals surface area (Å²) in [6, 6.07) is 31.5. The van der Waals surface area contributed by atoms with Crippen molar-refractivity contribution < 1.29 is 0 Å². The Hall–Kier alpha value is -3.12. The molecule has 4 aromatic rings. The lowest BCUT2D eigenvalue weighted by Crippen LogP contribution is -2.25. The minimum atomic E-state index is 0.117. The van der Waals surface area contributed by atoms with Crippen LogP contribution in [0.25, 0.3) is 33.4 Å². The Labute approximate surface area is 307 Å². The first-order chi connectivity index (χ1) is 24.5. The normalized spacial score (nSPS) is 13.1. The quantitative estimate of drug-likeness (QED) is 0.0731. The molecule has 0 saturated heterocycles. The first-order valence-corrected chi connectivity index (χ1v) is 21.0. The van der Waals surface area contributed by atoms with Gasteiger partial charge < -0.3 is 0 Å². The number of aryl methyl sites for hydroxylation is 3. The Kier molecular flexibility index (Phi) is 14.8. The summed E-state index contributed by atoms with van der Waals surface area (Å²) in [6.45, 7) is 11.5. The predicted molar refractivity (Wildman–Crippen MR) is 221 cm³/mol. The first kappa shape index (κ1) is 38.1. The van der Waals surface area contributed by atoms with Crippen molar-refractivity contribution in [2.75, 3.05) is 0 Å². The van der Waals surface area contributed by atoms with Crippen molar-refractivity contribution in [1.29, 1.82) is 0 Å². The highest BCUT2D eigenvalue weighted by Crippen LogP contribution is 2.55. The van der Waals surface area contributed by atoms with Crippen molar-refractivity contribution in [2.45, 2.75) is 168 Å². The second-order valence-corrected chi connectivity index (χ2v) is 15.8. The van der Waals surface area contributed by atoms with E-state index in [1.54, 1.807) is 11.1 Å². The molecule has 0 heterocycles. The molecule has 0 spiro atoms. The largest absolute Gasteiger partial charge is 0.0654 e. The van der Waals surface area contributed by atoms with Gasteiger partial charge in [0.15, 0.2) is 0 Å². The van der Waals surface area contributed by atoms with Crippen LogP contribution in [0, 0.1) is 13.8 Å². The molecule has 0 radical (unpaired) electrons. The topological polar surface area (TPSA) is 0 Å². The summed E-state index contributed by atoms with van der Waals surface area (Å²) >= 11 is 0. The predicted octanol–water partition coefficient (Wildman–Crippen LogP) is 15.9. The summed E-state index contributed by atoms with van der Waals surface area (Å²) in [5.74, 6) is 0. The highest BCUT2D eigenvalue weighted by atomic mass is 14.4. The van der Waals surface area contributed by atoms with Crippen LogP contribution in [0.15, 0.2) is 78.9 Å². The number of hydrogen-bond acceptors (Lipinski definition) is 0. The van der Waals surface area contributed by atoms with E-state index in [9.17, 15) is 0 Å². The number of benzene rings is 4. The molecule has 0 unspecified atom stereocenters. The van der Waals surface area contributed by atoms with Crippen LogP contribution in [0.4, 0.5) is 0 Å². The Morgan fingerprint density at radius 1 is 0.380 bits per heavy atom. The van der Waals surface area contributed by atoms with Crippen LogP contribution in [-0.4, -0.2) is 0 Å². The zero-order valence-corrected chi connectivity index (χ0v) is 32.6. The summed E-state index contributed by atoms with van der Waals surface area (Å²) in [6.07, 6.45) is 26.6. The second kappa shape index (κ2) is 19.5. The Bertz CT molecular complexity index is 1590. The lowest BCUT2D eigenvalue weighted by Gasteiger charge is -2.33. The van der Waals surface area contributed by atoms with Crippen molar-refractivity contribution in [3.63, 3.8) is 0 Å². The molecule has 0 saturated carbocycles.